The highest BCUT2D eigenvalue weighted by Gasteiger charge is 2.22. The fourth-order valence-corrected chi connectivity index (χ4v) is 1.60. The fraction of sp³-hybridized carbons (Fsp3) is 0.750. The Morgan fingerprint density at radius 1 is 1.12 bits per heavy atom. The number of carbonyl (C=O) groups excluding carboxylic acids is 3. The fourth-order valence-electron chi connectivity index (χ4n) is 1.31. The number of carbonyl (C=O) groups is 3. The third-order valence-corrected chi connectivity index (χ3v) is 3.00. The molecule has 0 aromatic rings. The number of thiol groups is 1. The first-order valence-electron chi connectivity index (χ1n) is 5.77. The van der Waals surface area contributed by atoms with Gasteiger partial charge in [-0.25, -0.2) is 0 Å². The van der Waals surface area contributed by atoms with E-state index in [2.05, 4.69) is 17.9 Å². The molecule has 98 valence electrons. The summed E-state index contributed by atoms with van der Waals surface area (Å²) < 4.78 is 0. The van der Waals surface area contributed by atoms with Crippen LogP contribution in [0.25, 0.3) is 0 Å². The Morgan fingerprint density at radius 2 is 1.65 bits per heavy atom. The molecular formula is C12H21NO3S. The van der Waals surface area contributed by atoms with Gasteiger partial charge in [-0.3, -0.25) is 14.4 Å². The summed E-state index contributed by atoms with van der Waals surface area (Å²) in [4.78, 5) is 33.8. The molecule has 0 spiro atoms. The number of Topliss-reactive ketones (excluding diaryl/α,β-unsaturated/α-hetero) is 1. The minimum absolute atomic E-state index is 0.0310. The zero-order valence-corrected chi connectivity index (χ0v) is 11.7. The molecule has 0 radical (unpaired) electrons. The molecule has 0 bridgehead atoms. The highest BCUT2D eigenvalue weighted by Crippen LogP contribution is 2.17. The van der Waals surface area contributed by atoms with E-state index in [9.17, 15) is 14.4 Å². The van der Waals surface area contributed by atoms with E-state index in [4.69, 9.17) is 0 Å². The SMILES string of the molecule is CC(C)C(=O)NCC(=O)C(C)C(C)CC(=O)S. The van der Waals surface area contributed by atoms with E-state index < -0.39 is 0 Å². The Bertz CT molecular complexity index is 302. The summed E-state index contributed by atoms with van der Waals surface area (Å²) in [5.74, 6) is -0.624. The van der Waals surface area contributed by atoms with Gasteiger partial charge in [0.15, 0.2) is 10.9 Å². The van der Waals surface area contributed by atoms with Crippen LogP contribution in [0.5, 0.6) is 0 Å². The summed E-state index contributed by atoms with van der Waals surface area (Å²) in [5, 5.41) is 2.36. The number of nitrogens with one attached hydrogen (secondary N) is 1. The molecule has 0 aliphatic rings. The molecule has 1 N–H and O–H groups in total. The maximum atomic E-state index is 11.7. The van der Waals surface area contributed by atoms with Crippen LogP contribution in [0.2, 0.25) is 0 Å². The second kappa shape index (κ2) is 7.48. The lowest BCUT2D eigenvalue weighted by Crippen LogP contribution is -2.36. The Balaban J connectivity index is 4.14. The molecule has 0 saturated heterocycles. The summed E-state index contributed by atoms with van der Waals surface area (Å²) in [7, 11) is 0. The third-order valence-electron chi connectivity index (χ3n) is 2.82. The van der Waals surface area contributed by atoms with Crippen molar-refractivity contribution in [3.63, 3.8) is 0 Å². The second-order valence-corrected chi connectivity index (χ2v) is 5.20. The van der Waals surface area contributed by atoms with Crippen LogP contribution < -0.4 is 5.32 Å². The molecule has 2 atom stereocenters. The molecule has 0 heterocycles. The van der Waals surface area contributed by atoms with Crippen molar-refractivity contribution < 1.29 is 14.4 Å². The lowest BCUT2D eigenvalue weighted by molar-refractivity contribution is -0.129. The number of hydrogen-bond acceptors (Lipinski definition) is 3. The van der Waals surface area contributed by atoms with Gasteiger partial charge in [-0.05, 0) is 5.92 Å². The van der Waals surface area contributed by atoms with E-state index in [0.29, 0.717) is 0 Å². The standard InChI is InChI=1S/C12H21NO3S/c1-7(2)12(16)13-6-10(14)9(4)8(3)5-11(15)17/h7-9H,5-6H2,1-4H3,(H,13,16)(H,15,17). The highest BCUT2D eigenvalue weighted by molar-refractivity contribution is 7.96. The maximum Gasteiger partial charge on any atom is 0.222 e. The number of amides is 1. The van der Waals surface area contributed by atoms with Crippen LogP contribution in [-0.2, 0) is 14.4 Å². The van der Waals surface area contributed by atoms with E-state index in [-0.39, 0.29) is 47.5 Å². The number of ketones is 1. The third kappa shape index (κ3) is 6.46. The zero-order chi connectivity index (χ0) is 13.6. The van der Waals surface area contributed by atoms with Gasteiger partial charge in [-0.1, -0.05) is 27.7 Å². The van der Waals surface area contributed by atoms with Crippen LogP contribution in [0.1, 0.15) is 34.1 Å². The average molecular weight is 259 g/mol. The van der Waals surface area contributed by atoms with Crippen LogP contribution in [-0.4, -0.2) is 23.4 Å². The van der Waals surface area contributed by atoms with Crippen molar-refractivity contribution in [2.24, 2.45) is 17.8 Å². The summed E-state index contributed by atoms with van der Waals surface area (Å²) in [6, 6.07) is 0. The molecule has 17 heavy (non-hydrogen) atoms. The molecule has 0 rings (SSSR count). The molecule has 0 aliphatic heterocycles. The van der Waals surface area contributed by atoms with Crippen LogP contribution in [0, 0.1) is 17.8 Å². The Morgan fingerprint density at radius 3 is 2.06 bits per heavy atom. The predicted molar refractivity (Wildman–Crippen MR) is 69.8 cm³/mol. The molecule has 4 nitrogen and oxygen atoms in total. The van der Waals surface area contributed by atoms with Crippen molar-refractivity contribution in [2.75, 3.05) is 6.54 Å². The summed E-state index contributed by atoms with van der Waals surface area (Å²) in [5.41, 5.74) is 0. The van der Waals surface area contributed by atoms with Gasteiger partial charge in [0.25, 0.3) is 0 Å². The quantitative estimate of drug-likeness (QED) is 0.680. The van der Waals surface area contributed by atoms with Crippen molar-refractivity contribution in [3.05, 3.63) is 0 Å². The first-order chi connectivity index (χ1) is 7.75. The van der Waals surface area contributed by atoms with Gasteiger partial charge in [0, 0.05) is 18.3 Å². The first-order valence-corrected chi connectivity index (χ1v) is 6.22. The van der Waals surface area contributed by atoms with Gasteiger partial charge in [-0.2, -0.15) is 0 Å². The van der Waals surface area contributed by atoms with Crippen LogP contribution in [0.15, 0.2) is 0 Å². The normalized spacial score (nSPS) is 14.2. The number of rotatable bonds is 7. The Kier molecular flexibility index (Phi) is 7.11. The second-order valence-electron chi connectivity index (χ2n) is 4.70. The van der Waals surface area contributed by atoms with E-state index >= 15 is 0 Å². The first kappa shape index (κ1) is 16.2. The largest absolute Gasteiger partial charge is 0.349 e. The van der Waals surface area contributed by atoms with Gasteiger partial charge in [0.05, 0.1) is 6.54 Å². The molecule has 0 aromatic heterocycles. The minimum Gasteiger partial charge on any atom is -0.349 e. The molecular weight excluding hydrogens is 238 g/mol. The molecule has 1 amide bonds. The molecule has 2 unspecified atom stereocenters. The lowest BCUT2D eigenvalue weighted by Gasteiger charge is -2.17. The molecule has 0 aromatic carbocycles. The Labute approximate surface area is 108 Å². The van der Waals surface area contributed by atoms with Gasteiger partial charge < -0.3 is 5.32 Å². The predicted octanol–water partition coefficient (Wildman–Crippen LogP) is 1.45. The van der Waals surface area contributed by atoms with Crippen molar-refractivity contribution in [1.82, 2.24) is 5.32 Å². The number of hydrogen-bond donors (Lipinski definition) is 2. The summed E-state index contributed by atoms with van der Waals surface area (Å²) in [6.45, 7) is 7.17. The van der Waals surface area contributed by atoms with E-state index in [1.165, 1.54) is 0 Å². The maximum absolute atomic E-state index is 11.7. The van der Waals surface area contributed by atoms with Crippen molar-refractivity contribution in [2.45, 2.75) is 34.1 Å². The van der Waals surface area contributed by atoms with Crippen molar-refractivity contribution >= 4 is 29.4 Å². The highest BCUT2D eigenvalue weighted by atomic mass is 32.1. The Hall–Kier alpha value is -0.840. The van der Waals surface area contributed by atoms with E-state index in [0.717, 1.165) is 0 Å². The summed E-state index contributed by atoms with van der Waals surface area (Å²) >= 11 is 3.69. The molecule has 5 heteroatoms. The van der Waals surface area contributed by atoms with E-state index in [1.54, 1.807) is 20.8 Å². The van der Waals surface area contributed by atoms with Crippen LogP contribution >= 0.6 is 12.6 Å². The van der Waals surface area contributed by atoms with Gasteiger partial charge in [0.1, 0.15) is 0 Å². The van der Waals surface area contributed by atoms with Gasteiger partial charge in [0.2, 0.25) is 5.91 Å². The monoisotopic (exact) mass is 259 g/mol. The van der Waals surface area contributed by atoms with Gasteiger partial charge in [-0.15, -0.1) is 12.6 Å². The minimum atomic E-state index is -0.251. The van der Waals surface area contributed by atoms with E-state index in [1.807, 2.05) is 6.92 Å². The van der Waals surface area contributed by atoms with Crippen molar-refractivity contribution in [3.8, 4) is 0 Å². The van der Waals surface area contributed by atoms with Gasteiger partial charge >= 0.3 is 0 Å². The van der Waals surface area contributed by atoms with Crippen LogP contribution in [0.4, 0.5) is 0 Å². The molecule has 0 fully saturated rings. The zero-order valence-electron chi connectivity index (χ0n) is 10.8. The van der Waals surface area contributed by atoms with Crippen LogP contribution in [0.3, 0.4) is 0 Å². The lowest BCUT2D eigenvalue weighted by atomic mass is 9.89. The topological polar surface area (TPSA) is 63.2 Å². The molecule has 0 saturated carbocycles. The summed E-state index contributed by atoms with van der Waals surface area (Å²) in [6.07, 6.45) is 0.272. The average Bonchev–Trinajstić information content (AvgIpc) is 2.22. The van der Waals surface area contributed by atoms with Crippen molar-refractivity contribution in [1.29, 1.82) is 0 Å². The smallest absolute Gasteiger partial charge is 0.222 e. The molecule has 0 aliphatic carbocycles.